The Kier molecular flexibility index (Phi) is 5.90. The van der Waals surface area contributed by atoms with Crippen molar-refractivity contribution in [1.82, 2.24) is 0 Å². The molecule has 0 saturated carbocycles. The van der Waals surface area contributed by atoms with Crippen molar-refractivity contribution >= 4 is 34.7 Å². The Hall–Kier alpha value is -2.17. The van der Waals surface area contributed by atoms with Crippen LogP contribution in [0, 0.1) is 0 Å². The van der Waals surface area contributed by atoms with Crippen molar-refractivity contribution in [2.45, 2.75) is 0 Å². The monoisotopic (exact) mass is 351 g/mol. The van der Waals surface area contributed by atoms with E-state index in [2.05, 4.69) is 5.32 Å². The van der Waals surface area contributed by atoms with Crippen LogP contribution < -0.4 is 14.8 Å². The highest BCUT2D eigenvalue weighted by Gasteiger charge is 2.08. The number of nitrogens with one attached hydrogen (secondary N) is 1. The molecule has 2 rings (SSSR count). The number of halogens is 2. The van der Waals surface area contributed by atoms with E-state index in [1.165, 1.54) is 19.4 Å². The Labute approximate surface area is 144 Å². The van der Waals surface area contributed by atoms with Gasteiger partial charge >= 0.3 is 0 Å². The van der Waals surface area contributed by atoms with E-state index in [-0.39, 0.29) is 5.78 Å². The normalized spacial score (nSPS) is 10.6. The molecule has 0 amide bonds. The first kappa shape index (κ1) is 17.2. The molecular weight excluding hydrogens is 337 g/mol. The van der Waals surface area contributed by atoms with Gasteiger partial charge in [-0.2, -0.15) is 0 Å². The molecule has 0 radical (unpaired) electrons. The zero-order valence-electron chi connectivity index (χ0n) is 12.6. The summed E-state index contributed by atoms with van der Waals surface area (Å²) < 4.78 is 10.3. The van der Waals surface area contributed by atoms with Gasteiger partial charge in [0.25, 0.3) is 0 Å². The molecular formula is C17H15Cl2NO3. The second-order valence-electron chi connectivity index (χ2n) is 4.54. The predicted molar refractivity (Wildman–Crippen MR) is 93.1 cm³/mol. The molecule has 0 atom stereocenters. The van der Waals surface area contributed by atoms with E-state index in [1.807, 2.05) is 0 Å². The first-order chi connectivity index (χ1) is 11.0. The minimum atomic E-state index is -0.177. The minimum Gasteiger partial charge on any atom is -0.493 e. The number of methoxy groups -OCH3 is 2. The summed E-state index contributed by atoms with van der Waals surface area (Å²) in [5.41, 5.74) is 1.15. The summed E-state index contributed by atoms with van der Waals surface area (Å²) in [6.07, 6.45) is 2.93. The number of benzene rings is 2. The van der Waals surface area contributed by atoms with Crippen molar-refractivity contribution in [3.05, 3.63) is 64.3 Å². The topological polar surface area (TPSA) is 47.6 Å². The van der Waals surface area contributed by atoms with Crippen molar-refractivity contribution < 1.29 is 14.3 Å². The first-order valence-electron chi connectivity index (χ1n) is 6.69. The minimum absolute atomic E-state index is 0.177. The molecule has 0 unspecified atom stereocenters. The summed E-state index contributed by atoms with van der Waals surface area (Å²) in [6.45, 7) is 0. The fourth-order valence-corrected chi connectivity index (χ4v) is 2.36. The molecule has 120 valence electrons. The molecule has 0 aliphatic rings. The highest BCUT2D eigenvalue weighted by atomic mass is 35.5. The summed E-state index contributed by atoms with van der Waals surface area (Å²) in [5.74, 6) is 0.892. The third-order valence-corrected chi connectivity index (χ3v) is 3.62. The molecule has 1 N–H and O–H groups in total. The van der Waals surface area contributed by atoms with E-state index in [4.69, 9.17) is 32.7 Å². The molecule has 0 fully saturated rings. The molecule has 6 heteroatoms. The summed E-state index contributed by atoms with van der Waals surface area (Å²) in [5, 5.41) is 3.96. The first-order valence-corrected chi connectivity index (χ1v) is 7.45. The van der Waals surface area contributed by atoms with E-state index in [1.54, 1.807) is 43.5 Å². The fourth-order valence-electron chi connectivity index (χ4n) is 1.90. The van der Waals surface area contributed by atoms with Gasteiger partial charge in [-0.25, -0.2) is 0 Å². The van der Waals surface area contributed by atoms with Crippen LogP contribution in [0.1, 0.15) is 10.4 Å². The summed E-state index contributed by atoms with van der Waals surface area (Å²) >= 11 is 11.9. The van der Waals surface area contributed by atoms with E-state index in [9.17, 15) is 4.79 Å². The molecule has 0 heterocycles. The summed E-state index contributed by atoms with van der Waals surface area (Å²) in [6, 6.07) is 10.0. The van der Waals surface area contributed by atoms with Gasteiger partial charge in [0.15, 0.2) is 17.3 Å². The van der Waals surface area contributed by atoms with Gasteiger partial charge in [-0.05, 0) is 36.4 Å². The zero-order chi connectivity index (χ0) is 16.8. The molecule has 0 aliphatic carbocycles. The molecule has 0 aromatic heterocycles. The number of carbonyl (C=O) groups is 1. The van der Waals surface area contributed by atoms with Gasteiger partial charge in [0, 0.05) is 22.9 Å². The van der Waals surface area contributed by atoms with Gasteiger partial charge in [-0.15, -0.1) is 0 Å². The highest BCUT2D eigenvalue weighted by Crippen LogP contribution is 2.28. The average Bonchev–Trinajstić information content (AvgIpc) is 2.56. The van der Waals surface area contributed by atoms with Crippen LogP contribution in [0.15, 0.2) is 48.7 Å². The number of ketones is 1. The van der Waals surface area contributed by atoms with Crippen LogP contribution in [0.5, 0.6) is 11.5 Å². The van der Waals surface area contributed by atoms with Gasteiger partial charge in [-0.1, -0.05) is 23.2 Å². The van der Waals surface area contributed by atoms with Crippen molar-refractivity contribution in [2.24, 2.45) is 0 Å². The lowest BCUT2D eigenvalue weighted by atomic mass is 10.1. The maximum Gasteiger partial charge on any atom is 0.187 e. The van der Waals surface area contributed by atoms with Crippen molar-refractivity contribution in [3.63, 3.8) is 0 Å². The van der Waals surface area contributed by atoms with Gasteiger partial charge in [0.1, 0.15) is 0 Å². The largest absolute Gasteiger partial charge is 0.493 e. The highest BCUT2D eigenvalue weighted by molar-refractivity contribution is 6.36. The van der Waals surface area contributed by atoms with Crippen LogP contribution in [0.3, 0.4) is 0 Å². The number of hydrogen-bond acceptors (Lipinski definition) is 4. The van der Waals surface area contributed by atoms with E-state index >= 15 is 0 Å². The zero-order valence-corrected chi connectivity index (χ0v) is 14.1. The molecule has 2 aromatic carbocycles. The van der Waals surface area contributed by atoms with E-state index in [0.29, 0.717) is 32.8 Å². The number of allylic oxidation sites excluding steroid dienone is 1. The van der Waals surface area contributed by atoms with E-state index < -0.39 is 0 Å². The Morgan fingerprint density at radius 2 is 1.78 bits per heavy atom. The maximum absolute atomic E-state index is 12.2. The van der Waals surface area contributed by atoms with Crippen LogP contribution in [0.4, 0.5) is 5.69 Å². The predicted octanol–water partition coefficient (Wildman–Crippen LogP) is 4.82. The Balaban J connectivity index is 2.09. The molecule has 0 aliphatic heterocycles. The molecule has 4 nitrogen and oxygen atoms in total. The average molecular weight is 352 g/mol. The van der Waals surface area contributed by atoms with Gasteiger partial charge in [0.05, 0.1) is 24.9 Å². The number of ether oxygens (including phenoxy) is 2. The van der Waals surface area contributed by atoms with Crippen molar-refractivity contribution in [2.75, 3.05) is 19.5 Å². The third kappa shape index (κ3) is 4.41. The molecule has 0 spiro atoms. The number of hydrogen-bond donors (Lipinski definition) is 1. The quantitative estimate of drug-likeness (QED) is 0.598. The second kappa shape index (κ2) is 7.90. The van der Waals surface area contributed by atoms with Gasteiger partial charge < -0.3 is 14.8 Å². The molecule has 0 bridgehead atoms. The van der Waals surface area contributed by atoms with Crippen molar-refractivity contribution in [3.8, 4) is 11.5 Å². The van der Waals surface area contributed by atoms with Gasteiger partial charge in [-0.3, -0.25) is 4.79 Å². The number of carbonyl (C=O) groups excluding carboxylic acids is 1. The van der Waals surface area contributed by atoms with Crippen LogP contribution in [-0.4, -0.2) is 20.0 Å². The van der Waals surface area contributed by atoms with Crippen LogP contribution in [0.2, 0.25) is 10.0 Å². The molecule has 23 heavy (non-hydrogen) atoms. The standard InChI is InChI=1S/C17H15Cl2NO3/c1-22-16-6-3-11(9-17(16)23-2)15(21)7-8-20-14-5-4-12(18)10-13(14)19/h3-10,20H,1-2H3/b8-7+. The van der Waals surface area contributed by atoms with Crippen molar-refractivity contribution in [1.29, 1.82) is 0 Å². The number of anilines is 1. The van der Waals surface area contributed by atoms with Crippen LogP contribution >= 0.6 is 23.2 Å². The summed E-state index contributed by atoms with van der Waals surface area (Å²) in [4.78, 5) is 12.2. The Morgan fingerprint density at radius 1 is 1.04 bits per heavy atom. The van der Waals surface area contributed by atoms with Crippen LogP contribution in [-0.2, 0) is 0 Å². The lowest BCUT2D eigenvalue weighted by molar-refractivity contribution is 0.104. The lowest BCUT2D eigenvalue weighted by Gasteiger charge is -2.08. The SMILES string of the molecule is COc1ccc(C(=O)/C=C/Nc2ccc(Cl)cc2Cl)cc1OC. The Bertz CT molecular complexity index is 745. The fraction of sp³-hybridized carbons (Fsp3) is 0.118. The Morgan fingerprint density at radius 3 is 2.43 bits per heavy atom. The van der Waals surface area contributed by atoms with E-state index in [0.717, 1.165) is 0 Å². The smallest absolute Gasteiger partial charge is 0.187 e. The van der Waals surface area contributed by atoms with Crippen LogP contribution in [0.25, 0.3) is 0 Å². The molecule has 0 saturated heterocycles. The number of rotatable bonds is 6. The molecule has 2 aromatic rings. The van der Waals surface area contributed by atoms with Gasteiger partial charge in [0.2, 0.25) is 0 Å². The maximum atomic E-state index is 12.2. The third-order valence-electron chi connectivity index (χ3n) is 3.07. The second-order valence-corrected chi connectivity index (χ2v) is 5.38. The lowest BCUT2D eigenvalue weighted by Crippen LogP contribution is -1.99. The summed E-state index contributed by atoms with van der Waals surface area (Å²) in [7, 11) is 3.06.